The van der Waals surface area contributed by atoms with E-state index in [1.54, 1.807) is 18.5 Å². The molecule has 6 nitrogen and oxygen atoms in total. The first-order valence-corrected chi connectivity index (χ1v) is 9.97. The largest absolute Gasteiger partial charge is 0.356 e. The number of rotatable bonds is 8. The maximum atomic E-state index is 12.0. The maximum absolute atomic E-state index is 12.0. The summed E-state index contributed by atoms with van der Waals surface area (Å²) in [7, 11) is 0. The SMILES string of the molecule is O=C(CCC1CCCCC1)NCCCn1nc(-c2cccnc2)ccc1=O. The molecular weight excluding hydrogens is 340 g/mol. The molecule has 0 unspecified atom stereocenters. The van der Waals surface area contributed by atoms with E-state index in [-0.39, 0.29) is 11.5 Å². The maximum Gasteiger partial charge on any atom is 0.266 e. The summed E-state index contributed by atoms with van der Waals surface area (Å²) in [5.41, 5.74) is 1.47. The number of carbonyl (C=O) groups excluding carboxylic acids is 1. The van der Waals surface area contributed by atoms with Crippen LogP contribution in [0.25, 0.3) is 11.3 Å². The molecule has 0 aromatic carbocycles. The van der Waals surface area contributed by atoms with Gasteiger partial charge in [0.1, 0.15) is 0 Å². The molecule has 144 valence electrons. The van der Waals surface area contributed by atoms with E-state index in [0.29, 0.717) is 25.9 Å². The van der Waals surface area contributed by atoms with Crippen molar-refractivity contribution in [3.8, 4) is 11.3 Å². The smallest absolute Gasteiger partial charge is 0.266 e. The molecule has 3 rings (SSSR count). The molecule has 1 amide bonds. The van der Waals surface area contributed by atoms with Crippen LogP contribution in [0.3, 0.4) is 0 Å². The number of aromatic nitrogens is 3. The number of carbonyl (C=O) groups is 1. The second-order valence-corrected chi connectivity index (χ2v) is 7.27. The Hall–Kier alpha value is -2.50. The average Bonchev–Trinajstić information content (AvgIpc) is 2.72. The van der Waals surface area contributed by atoms with Gasteiger partial charge in [0.25, 0.3) is 5.56 Å². The first-order chi connectivity index (χ1) is 13.2. The van der Waals surface area contributed by atoms with Crippen LogP contribution in [0, 0.1) is 5.92 Å². The minimum absolute atomic E-state index is 0.116. The average molecular weight is 368 g/mol. The van der Waals surface area contributed by atoms with E-state index in [0.717, 1.165) is 23.6 Å². The van der Waals surface area contributed by atoms with Gasteiger partial charge >= 0.3 is 0 Å². The van der Waals surface area contributed by atoms with Gasteiger partial charge in [0.05, 0.1) is 5.69 Å². The Kier molecular flexibility index (Phi) is 7.13. The number of nitrogens with one attached hydrogen (secondary N) is 1. The van der Waals surface area contributed by atoms with Crippen LogP contribution in [-0.2, 0) is 11.3 Å². The Morgan fingerprint density at radius 1 is 1.19 bits per heavy atom. The van der Waals surface area contributed by atoms with Crippen molar-refractivity contribution in [1.82, 2.24) is 20.1 Å². The highest BCUT2D eigenvalue weighted by Gasteiger charge is 2.14. The number of nitrogens with zero attached hydrogens (tertiary/aromatic N) is 3. The summed E-state index contributed by atoms with van der Waals surface area (Å²) in [5.74, 6) is 0.840. The van der Waals surface area contributed by atoms with Crippen molar-refractivity contribution < 1.29 is 4.79 Å². The Labute approximate surface area is 160 Å². The van der Waals surface area contributed by atoms with Crippen molar-refractivity contribution in [1.29, 1.82) is 0 Å². The fourth-order valence-electron chi connectivity index (χ4n) is 3.63. The van der Waals surface area contributed by atoms with Gasteiger partial charge in [-0.3, -0.25) is 14.6 Å². The van der Waals surface area contributed by atoms with Crippen LogP contribution in [0.1, 0.15) is 51.4 Å². The summed E-state index contributed by atoms with van der Waals surface area (Å²) >= 11 is 0. The predicted octanol–water partition coefficient (Wildman–Crippen LogP) is 3.17. The van der Waals surface area contributed by atoms with Crippen LogP contribution in [-0.4, -0.2) is 27.2 Å². The van der Waals surface area contributed by atoms with Crippen molar-refractivity contribution in [2.24, 2.45) is 5.92 Å². The van der Waals surface area contributed by atoms with Crippen LogP contribution in [0.4, 0.5) is 0 Å². The lowest BCUT2D eigenvalue weighted by Gasteiger charge is -2.20. The van der Waals surface area contributed by atoms with Gasteiger partial charge in [0.2, 0.25) is 5.91 Å². The summed E-state index contributed by atoms with van der Waals surface area (Å²) in [4.78, 5) is 28.1. The van der Waals surface area contributed by atoms with Gasteiger partial charge in [0.15, 0.2) is 0 Å². The fourth-order valence-corrected chi connectivity index (χ4v) is 3.63. The number of hydrogen-bond acceptors (Lipinski definition) is 4. The molecule has 2 aromatic rings. The van der Waals surface area contributed by atoms with Crippen molar-refractivity contribution in [2.75, 3.05) is 6.54 Å². The van der Waals surface area contributed by atoms with Gasteiger partial charge in [-0.25, -0.2) is 4.68 Å². The Balaban J connectivity index is 1.42. The Bertz CT molecular complexity index is 782. The van der Waals surface area contributed by atoms with Crippen LogP contribution >= 0.6 is 0 Å². The monoisotopic (exact) mass is 368 g/mol. The summed E-state index contributed by atoms with van der Waals surface area (Å²) in [5, 5.41) is 7.37. The van der Waals surface area contributed by atoms with Crippen molar-refractivity contribution >= 4 is 5.91 Å². The molecule has 0 saturated heterocycles. The molecule has 6 heteroatoms. The van der Waals surface area contributed by atoms with E-state index in [2.05, 4.69) is 15.4 Å². The lowest BCUT2D eigenvalue weighted by molar-refractivity contribution is -0.121. The second kappa shape index (κ2) is 10.00. The molecule has 1 aliphatic rings. The molecule has 1 aliphatic carbocycles. The highest BCUT2D eigenvalue weighted by Crippen LogP contribution is 2.27. The van der Waals surface area contributed by atoms with Crippen molar-refractivity contribution in [2.45, 2.75) is 57.9 Å². The predicted molar refractivity (Wildman–Crippen MR) is 105 cm³/mol. The van der Waals surface area contributed by atoms with Crippen molar-refractivity contribution in [3.05, 3.63) is 47.0 Å². The van der Waals surface area contributed by atoms with E-state index in [4.69, 9.17) is 0 Å². The third-order valence-corrected chi connectivity index (χ3v) is 5.20. The number of pyridine rings is 1. The second-order valence-electron chi connectivity index (χ2n) is 7.27. The zero-order valence-electron chi connectivity index (χ0n) is 15.8. The van der Waals surface area contributed by atoms with Crippen LogP contribution in [0.2, 0.25) is 0 Å². The zero-order chi connectivity index (χ0) is 18.9. The van der Waals surface area contributed by atoms with E-state index < -0.39 is 0 Å². The van der Waals surface area contributed by atoms with E-state index in [9.17, 15) is 9.59 Å². The van der Waals surface area contributed by atoms with Crippen LogP contribution in [0.5, 0.6) is 0 Å². The molecule has 2 aromatic heterocycles. The third kappa shape index (κ3) is 6.01. The molecule has 1 saturated carbocycles. The quantitative estimate of drug-likeness (QED) is 0.726. The van der Waals surface area contributed by atoms with Gasteiger partial charge in [-0.05, 0) is 37.0 Å². The molecular formula is C21H28N4O2. The van der Waals surface area contributed by atoms with E-state index in [1.165, 1.54) is 42.9 Å². The molecule has 0 radical (unpaired) electrons. The molecule has 1 fully saturated rings. The van der Waals surface area contributed by atoms with Crippen LogP contribution in [0.15, 0.2) is 41.5 Å². The lowest BCUT2D eigenvalue weighted by atomic mass is 9.86. The minimum atomic E-state index is -0.133. The summed E-state index contributed by atoms with van der Waals surface area (Å²) in [6.45, 7) is 1.05. The fraction of sp³-hybridized carbons (Fsp3) is 0.524. The number of amides is 1. The third-order valence-electron chi connectivity index (χ3n) is 5.20. The lowest BCUT2D eigenvalue weighted by Crippen LogP contribution is -2.28. The molecule has 0 atom stereocenters. The summed E-state index contributed by atoms with van der Waals surface area (Å²) in [6, 6.07) is 6.99. The minimum Gasteiger partial charge on any atom is -0.356 e. The molecule has 0 bridgehead atoms. The Morgan fingerprint density at radius 2 is 2.04 bits per heavy atom. The van der Waals surface area contributed by atoms with Crippen molar-refractivity contribution in [3.63, 3.8) is 0 Å². The Morgan fingerprint density at radius 3 is 2.81 bits per heavy atom. The van der Waals surface area contributed by atoms with Gasteiger partial charge in [0, 0.05) is 43.5 Å². The molecule has 0 spiro atoms. The molecule has 1 N–H and O–H groups in total. The molecule has 27 heavy (non-hydrogen) atoms. The van der Waals surface area contributed by atoms with E-state index >= 15 is 0 Å². The van der Waals surface area contributed by atoms with Gasteiger partial charge in [-0.15, -0.1) is 0 Å². The zero-order valence-corrected chi connectivity index (χ0v) is 15.8. The summed E-state index contributed by atoms with van der Waals surface area (Å²) in [6.07, 6.45) is 12.2. The molecule has 0 aliphatic heterocycles. The topological polar surface area (TPSA) is 76.9 Å². The summed E-state index contributed by atoms with van der Waals surface area (Å²) < 4.78 is 1.45. The van der Waals surface area contributed by atoms with Gasteiger partial charge in [-0.1, -0.05) is 32.1 Å². The normalized spacial score (nSPS) is 14.8. The standard InChI is InChI=1S/C21H28N4O2/c26-20(11-9-17-6-2-1-3-7-17)23-14-5-15-25-21(27)12-10-19(24-25)18-8-4-13-22-16-18/h4,8,10,12-13,16-17H,1-3,5-7,9,11,14-15H2,(H,23,26). The highest BCUT2D eigenvalue weighted by atomic mass is 16.1. The van der Waals surface area contributed by atoms with Gasteiger partial charge < -0.3 is 5.32 Å². The first kappa shape index (κ1) is 19.3. The van der Waals surface area contributed by atoms with E-state index in [1.807, 2.05) is 12.1 Å². The van der Waals surface area contributed by atoms with Gasteiger partial charge in [-0.2, -0.15) is 5.10 Å². The number of hydrogen-bond donors (Lipinski definition) is 1. The highest BCUT2D eigenvalue weighted by molar-refractivity contribution is 5.75. The molecule has 2 heterocycles. The first-order valence-electron chi connectivity index (χ1n) is 9.97. The number of aryl methyl sites for hydroxylation is 1. The van der Waals surface area contributed by atoms with Crippen LogP contribution < -0.4 is 10.9 Å².